The minimum absolute atomic E-state index is 0.227. The highest BCUT2D eigenvalue weighted by molar-refractivity contribution is 5.88. The molecule has 3 rings (SSSR count). The number of urea groups is 1. The van der Waals surface area contributed by atoms with Crippen molar-refractivity contribution in [2.75, 3.05) is 17.2 Å². The quantitative estimate of drug-likeness (QED) is 0.810. The van der Waals surface area contributed by atoms with E-state index in [1.54, 1.807) is 12.3 Å². The Hall–Kier alpha value is -2.56. The number of aryl methyl sites for hydroxylation is 1. The van der Waals surface area contributed by atoms with Crippen LogP contribution in [0.1, 0.15) is 12.0 Å². The molecule has 0 spiro atoms. The van der Waals surface area contributed by atoms with Gasteiger partial charge in [-0.3, -0.25) is 5.32 Å². The Morgan fingerprint density at radius 3 is 2.95 bits per heavy atom. The van der Waals surface area contributed by atoms with Gasteiger partial charge < -0.3 is 10.6 Å². The number of aromatic nitrogens is 1. The van der Waals surface area contributed by atoms with Crippen LogP contribution in [0.3, 0.4) is 0 Å². The summed E-state index contributed by atoms with van der Waals surface area (Å²) in [5, 5.41) is 9.05. The molecule has 0 saturated carbocycles. The van der Waals surface area contributed by atoms with Crippen molar-refractivity contribution < 1.29 is 4.79 Å². The van der Waals surface area contributed by atoms with Crippen LogP contribution in [0.25, 0.3) is 0 Å². The topological polar surface area (TPSA) is 66.1 Å². The first-order valence-corrected chi connectivity index (χ1v) is 7.11. The molecule has 2 aromatic rings. The number of hydrogen-bond donors (Lipinski definition) is 3. The zero-order valence-electron chi connectivity index (χ0n) is 11.7. The van der Waals surface area contributed by atoms with Crippen LogP contribution < -0.4 is 16.0 Å². The molecule has 2 amide bonds. The van der Waals surface area contributed by atoms with Gasteiger partial charge in [0, 0.05) is 24.5 Å². The molecule has 108 valence electrons. The summed E-state index contributed by atoms with van der Waals surface area (Å²) in [5.41, 5.74) is 2.51. The Bertz CT molecular complexity index is 615. The average molecular weight is 282 g/mol. The monoisotopic (exact) mass is 282 g/mol. The number of nitrogens with zero attached hydrogens (tertiary/aromatic N) is 1. The number of carbonyl (C=O) groups is 1. The molecule has 1 atom stereocenters. The van der Waals surface area contributed by atoms with E-state index in [9.17, 15) is 4.79 Å². The van der Waals surface area contributed by atoms with Gasteiger partial charge >= 0.3 is 6.03 Å². The van der Waals surface area contributed by atoms with Crippen molar-refractivity contribution in [3.63, 3.8) is 0 Å². The largest absolute Gasteiger partial charge is 0.380 e. The molecule has 1 aromatic carbocycles. The average Bonchev–Trinajstić information content (AvgIpc) is 2.54. The summed E-state index contributed by atoms with van der Waals surface area (Å²) in [4.78, 5) is 15.9. The summed E-state index contributed by atoms with van der Waals surface area (Å²) in [5.74, 6) is 0.553. The third-order valence-electron chi connectivity index (χ3n) is 3.55. The molecule has 21 heavy (non-hydrogen) atoms. The van der Waals surface area contributed by atoms with Crippen LogP contribution in [-0.4, -0.2) is 23.6 Å². The van der Waals surface area contributed by atoms with Gasteiger partial charge in [-0.25, -0.2) is 9.78 Å². The molecular formula is C16H18N4O. The number of rotatable bonds is 3. The molecule has 3 N–H and O–H groups in total. The van der Waals surface area contributed by atoms with Crippen molar-refractivity contribution in [1.29, 1.82) is 0 Å². The lowest BCUT2D eigenvalue weighted by molar-refractivity contribution is 0.251. The van der Waals surface area contributed by atoms with E-state index in [4.69, 9.17) is 0 Å². The lowest BCUT2D eigenvalue weighted by atomic mass is 9.98. The van der Waals surface area contributed by atoms with Gasteiger partial charge in [0.15, 0.2) is 0 Å². The van der Waals surface area contributed by atoms with Crippen LogP contribution in [-0.2, 0) is 6.42 Å². The Kier molecular flexibility index (Phi) is 4.00. The molecule has 0 saturated heterocycles. The van der Waals surface area contributed by atoms with Gasteiger partial charge in [-0.15, -0.1) is 0 Å². The maximum atomic E-state index is 11.8. The predicted molar refractivity (Wildman–Crippen MR) is 83.4 cm³/mol. The van der Waals surface area contributed by atoms with Gasteiger partial charge in [-0.1, -0.05) is 24.3 Å². The standard InChI is InChI=1S/C16H18N4O/c21-16(20-15-7-3-4-10-17-15)18-11-13-9-8-12-5-1-2-6-14(12)19-13/h1-7,10,13,19H,8-9,11H2,(H2,17,18,20,21). The summed E-state index contributed by atoms with van der Waals surface area (Å²) in [6, 6.07) is 13.7. The molecule has 1 unspecified atom stereocenters. The number of anilines is 2. The van der Waals surface area contributed by atoms with E-state index in [2.05, 4.69) is 39.1 Å². The SMILES string of the molecule is O=C(NCC1CCc2ccccc2N1)Nc1ccccn1. The first-order valence-electron chi connectivity index (χ1n) is 7.11. The van der Waals surface area contributed by atoms with Gasteiger partial charge in [0.2, 0.25) is 0 Å². The Labute approximate surface area is 123 Å². The summed E-state index contributed by atoms with van der Waals surface area (Å²) >= 11 is 0. The molecule has 0 fully saturated rings. The van der Waals surface area contributed by atoms with Gasteiger partial charge in [-0.2, -0.15) is 0 Å². The van der Waals surface area contributed by atoms with Gasteiger partial charge in [0.1, 0.15) is 5.82 Å². The van der Waals surface area contributed by atoms with Crippen molar-refractivity contribution in [3.8, 4) is 0 Å². The third kappa shape index (κ3) is 3.51. The van der Waals surface area contributed by atoms with E-state index < -0.39 is 0 Å². The summed E-state index contributed by atoms with van der Waals surface area (Å²) in [6.07, 6.45) is 3.70. The van der Waals surface area contributed by atoms with Crippen LogP contribution in [0.2, 0.25) is 0 Å². The number of benzene rings is 1. The van der Waals surface area contributed by atoms with Crippen molar-refractivity contribution in [1.82, 2.24) is 10.3 Å². The molecule has 5 heteroatoms. The second-order valence-corrected chi connectivity index (χ2v) is 5.09. The molecule has 0 aliphatic carbocycles. The molecule has 1 aliphatic heterocycles. The molecule has 1 aliphatic rings. The van der Waals surface area contributed by atoms with Crippen LogP contribution in [0, 0.1) is 0 Å². The number of amides is 2. The number of fused-ring (bicyclic) bond motifs is 1. The maximum absolute atomic E-state index is 11.8. The van der Waals surface area contributed by atoms with Crippen LogP contribution in [0.15, 0.2) is 48.7 Å². The van der Waals surface area contributed by atoms with Crippen molar-refractivity contribution >= 4 is 17.5 Å². The van der Waals surface area contributed by atoms with E-state index in [1.165, 1.54) is 11.3 Å². The second-order valence-electron chi connectivity index (χ2n) is 5.09. The highest BCUT2D eigenvalue weighted by Gasteiger charge is 2.17. The minimum Gasteiger partial charge on any atom is -0.380 e. The Morgan fingerprint density at radius 2 is 2.10 bits per heavy atom. The molecule has 5 nitrogen and oxygen atoms in total. The van der Waals surface area contributed by atoms with Crippen LogP contribution >= 0.6 is 0 Å². The first kappa shape index (κ1) is 13.4. The zero-order chi connectivity index (χ0) is 14.5. The number of carbonyl (C=O) groups excluding carboxylic acids is 1. The predicted octanol–water partition coefficient (Wildman–Crippen LogP) is 2.63. The van der Waals surface area contributed by atoms with E-state index in [-0.39, 0.29) is 12.1 Å². The normalized spacial score (nSPS) is 16.5. The number of nitrogens with one attached hydrogen (secondary N) is 3. The smallest absolute Gasteiger partial charge is 0.320 e. The van der Waals surface area contributed by atoms with Gasteiger partial charge in [-0.05, 0) is 36.6 Å². The minimum atomic E-state index is -0.227. The lowest BCUT2D eigenvalue weighted by Gasteiger charge is -2.27. The van der Waals surface area contributed by atoms with Crippen molar-refractivity contribution in [2.45, 2.75) is 18.9 Å². The molecule has 0 bridgehead atoms. The lowest BCUT2D eigenvalue weighted by Crippen LogP contribution is -2.40. The fourth-order valence-corrected chi connectivity index (χ4v) is 2.47. The summed E-state index contributed by atoms with van der Waals surface area (Å²) < 4.78 is 0. The fourth-order valence-electron chi connectivity index (χ4n) is 2.47. The van der Waals surface area contributed by atoms with Crippen LogP contribution in [0.4, 0.5) is 16.3 Å². The molecule has 2 heterocycles. The van der Waals surface area contributed by atoms with Gasteiger partial charge in [0.05, 0.1) is 0 Å². The Balaban J connectivity index is 1.49. The first-order chi connectivity index (χ1) is 10.3. The van der Waals surface area contributed by atoms with Gasteiger partial charge in [0.25, 0.3) is 0 Å². The molecule has 1 aromatic heterocycles. The number of pyridine rings is 1. The van der Waals surface area contributed by atoms with E-state index in [1.807, 2.05) is 18.2 Å². The second kappa shape index (κ2) is 6.26. The molecule has 0 radical (unpaired) electrons. The molecular weight excluding hydrogens is 264 g/mol. The fraction of sp³-hybridized carbons (Fsp3) is 0.250. The third-order valence-corrected chi connectivity index (χ3v) is 3.55. The van der Waals surface area contributed by atoms with Crippen molar-refractivity contribution in [3.05, 3.63) is 54.2 Å². The summed E-state index contributed by atoms with van der Waals surface area (Å²) in [6.45, 7) is 0.590. The van der Waals surface area contributed by atoms with Crippen molar-refractivity contribution in [2.24, 2.45) is 0 Å². The number of para-hydroxylation sites is 1. The Morgan fingerprint density at radius 1 is 1.24 bits per heavy atom. The van der Waals surface area contributed by atoms with Crippen LogP contribution in [0.5, 0.6) is 0 Å². The van der Waals surface area contributed by atoms with E-state index in [0.29, 0.717) is 12.4 Å². The highest BCUT2D eigenvalue weighted by Crippen LogP contribution is 2.23. The maximum Gasteiger partial charge on any atom is 0.320 e. The summed E-state index contributed by atoms with van der Waals surface area (Å²) in [7, 11) is 0. The van der Waals surface area contributed by atoms with E-state index >= 15 is 0 Å². The number of hydrogen-bond acceptors (Lipinski definition) is 3. The van der Waals surface area contributed by atoms with E-state index in [0.717, 1.165) is 12.8 Å². The highest BCUT2D eigenvalue weighted by atomic mass is 16.2. The zero-order valence-corrected chi connectivity index (χ0v) is 11.7.